The molecule has 12 heteroatoms. The lowest BCUT2D eigenvalue weighted by atomic mass is 10.0. The number of ether oxygens (including phenoxy) is 4. The van der Waals surface area contributed by atoms with Gasteiger partial charge in [-0.1, -0.05) is 24.3 Å². The Balaban J connectivity index is 1.61. The molecular formula is C27H25N3O8S. The average Bonchev–Trinajstić information content (AvgIpc) is 2.94. The van der Waals surface area contributed by atoms with Crippen molar-refractivity contribution in [2.45, 2.75) is 4.90 Å². The summed E-state index contributed by atoms with van der Waals surface area (Å²) in [5, 5.41) is 8.14. The van der Waals surface area contributed by atoms with Crippen molar-refractivity contribution in [3.05, 3.63) is 72.3 Å². The number of carbonyl (C=O) groups is 2. The summed E-state index contributed by atoms with van der Waals surface area (Å²) in [6.45, 7) is -0.616. The van der Waals surface area contributed by atoms with Gasteiger partial charge in [0, 0.05) is 16.6 Å². The fourth-order valence-electron chi connectivity index (χ4n) is 3.88. The minimum Gasteiger partial charge on any atom is -0.493 e. The summed E-state index contributed by atoms with van der Waals surface area (Å²) in [7, 11) is 0.534. The molecule has 0 saturated heterocycles. The molecule has 0 aliphatic rings. The van der Waals surface area contributed by atoms with E-state index in [0.29, 0.717) is 39.4 Å². The Morgan fingerprint density at radius 2 is 1.59 bits per heavy atom. The Kier molecular flexibility index (Phi) is 7.98. The van der Waals surface area contributed by atoms with Crippen molar-refractivity contribution in [3.8, 4) is 28.5 Å². The van der Waals surface area contributed by atoms with Crippen molar-refractivity contribution in [1.29, 1.82) is 0 Å². The van der Waals surface area contributed by atoms with E-state index < -0.39 is 28.5 Å². The molecule has 202 valence electrons. The number of carbonyl (C=O) groups excluding carboxylic acids is 2. The van der Waals surface area contributed by atoms with Gasteiger partial charge in [0.25, 0.3) is 5.91 Å². The smallest absolute Gasteiger partial charge is 0.339 e. The van der Waals surface area contributed by atoms with E-state index in [1.807, 2.05) is 0 Å². The van der Waals surface area contributed by atoms with Gasteiger partial charge in [0.15, 0.2) is 18.1 Å². The first-order valence-corrected chi connectivity index (χ1v) is 13.0. The van der Waals surface area contributed by atoms with Gasteiger partial charge in [-0.25, -0.2) is 23.3 Å². The quantitative estimate of drug-likeness (QED) is 0.298. The lowest BCUT2D eigenvalue weighted by Crippen LogP contribution is -2.21. The topological polar surface area (TPSA) is 156 Å². The Labute approximate surface area is 224 Å². The number of primary sulfonamides is 1. The number of pyridine rings is 1. The molecule has 3 N–H and O–H groups in total. The van der Waals surface area contributed by atoms with Crippen LogP contribution in [0.1, 0.15) is 10.4 Å². The van der Waals surface area contributed by atoms with Gasteiger partial charge in [0.2, 0.25) is 15.8 Å². The maximum Gasteiger partial charge on any atom is 0.339 e. The molecule has 0 radical (unpaired) electrons. The number of aromatic nitrogens is 1. The van der Waals surface area contributed by atoms with Crippen LogP contribution in [0, 0.1) is 0 Å². The molecule has 0 aliphatic carbocycles. The number of fused-ring (bicyclic) bond motifs is 1. The normalized spacial score (nSPS) is 11.1. The number of amides is 1. The minimum atomic E-state index is -3.95. The number of methoxy groups -OCH3 is 3. The molecule has 0 atom stereocenters. The van der Waals surface area contributed by atoms with Crippen LogP contribution in [0.3, 0.4) is 0 Å². The second kappa shape index (κ2) is 11.4. The molecule has 4 rings (SSSR count). The van der Waals surface area contributed by atoms with E-state index in [1.165, 1.54) is 45.6 Å². The van der Waals surface area contributed by atoms with Crippen LogP contribution in [-0.4, -0.2) is 53.2 Å². The molecule has 1 amide bonds. The molecule has 0 aliphatic heterocycles. The molecule has 3 aromatic carbocycles. The summed E-state index contributed by atoms with van der Waals surface area (Å²) >= 11 is 0. The Morgan fingerprint density at radius 3 is 2.23 bits per heavy atom. The molecule has 11 nitrogen and oxygen atoms in total. The fourth-order valence-corrected chi connectivity index (χ4v) is 4.44. The standard InChI is InChI=1S/C27H25N3O8S/c1-35-23-11-16(12-24(36-2)26(23)37-3)22-14-20(19-9-4-5-10-21(19)30-22)27(32)38-15-25(31)29-17-7-6-8-18(13-17)39(28,33)34/h4-14H,15H2,1-3H3,(H,29,31)(H2,28,33,34). The summed E-state index contributed by atoms with van der Waals surface area (Å²) in [4.78, 5) is 30.1. The number of hydrogen-bond donors (Lipinski definition) is 2. The zero-order chi connectivity index (χ0) is 28.2. The van der Waals surface area contributed by atoms with Crippen molar-refractivity contribution in [1.82, 2.24) is 4.98 Å². The number of rotatable bonds is 9. The molecule has 1 heterocycles. The van der Waals surface area contributed by atoms with Crippen molar-refractivity contribution in [2.75, 3.05) is 33.3 Å². The van der Waals surface area contributed by atoms with Gasteiger partial charge < -0.3 is 24.3 Å². The van der Waals surface area contributed by atoms with Crippen LogP contribution < -0.4 is 24.7 Å². The number of nitrogens with one attached hydrogen (secondary N) is 1. The van der Waals surface area contributed by atoms with Crippen LogP contribution in [-0.2, 0) is 19.6 Å². The van der Waals surface area contributed by atoms with E-state index in [2.05, 4.69) is 10.3 Å². The van der Waals surface area contributed by atoms with Gasteiger partial charge in [0.05, 0.1) is 43.0 Å². The first-order valence-electron chi connectivity index (χ1n) is 11.4. The molecular weight excluding hydrogens is 526 g/mol. The predicted octanol–water partition coefficient (Wildman–Crippen LogP) is 3.37. The third-order valence-corrected chi connectivity index (χ3v) is 6.59. The van der Waals surface area contributed by atoms with Crippen LogP contribution >= 0.6 is 0 Å². The van der Waals surface area contributed by atoms with E-state index in [0.717, 1.165) is 0 Å². The van der Waals surface area contributed by atoms with E-state index >= 15 is 0 Å². The van der Waals surface area contributed by atoms with Crippen LogP contribution in [0.25, 0.3) is 22.2 Å². The molecule has 0 saturated carbocycles. The van der Waals surface area contributed by atoms with Crippen LogP contribution in [0.5, 0.6) is 17.2 Å². The number of sulfonamides is 1. The minimum absolute atomic E-state index is 0.167. The number of nitrogens with zero attached hydrogens (tertiary/aromatic N) is 1. The van der Waals surface area contributed by atoms with E-state index in [1.54, 1.807) is 42.5 Å². The molecule has 39 heavy (non-hydrogen) atoms. The number of esters is 1. The lowest BCUT2D eigenvalue weighted by Gasteiger charge is -2.15. The first kappa shape index (κ1) is 27.4. The molecule has 4 aromatic rings. The van der Waals surface area contributed by atoms with Crippen LogP contribution in [0.15, 0.2) is 71.6 Å². The largest absolute Gasteiger partial charge is 0.493 e. The molecule has 0 spiro atoms. The summed E-state index contributed by atoms with van der Waals surface area (Å²) in [5.74, 6) is -0.193. The summed E-state index contributed by atoms with van der Waals surface area (Å²) in [6, 6.07) is 17.4. The fraction of sp³-hybridized carbons (Fsp3) is 0.148. The zero-order valence-electron chi connectivity index (χ0n) is 21.3. The van der Waals surface area contributed by atoms with E-state index in [4.69, 9.17) is 24.1 Å². The van der Waals surface area contributed by atoms with Crippen molar-refractivity contribution in [3.63, 3.8) is 0 Å². The highest BCUT2D eigenvalue weighted by Crippen LogP contribution is 2.41. The zero-order valence-corrected chi connectivity index (χ0v) is 22.1. The van der Waals surface area contributed by atoms with Gasteiger partial charge in [-0.3, -0.25) is 4.79 Å². The number of benzene rings is 3. The second-order valence-electron chi connectivity index (χ2n) is 8.18. The maximum atomic E-state index is 13.1. The van der Waals surface area contributed by atoms with Gasteiger partial charge in [-0.2, -0.15) is 0 Å². The number of hydrogen-bond acceptors (Lipinski definition) is 9. The Bertz CT molecular complexity index is 1650. The first-order chi connectivity index (χ1) is 18.6. The lowest BCUT2D eigenvalue weighted by molar-refractivity contribution is -0.119. The SMILES string of the molecule is COc1cc(-c2cc(C(=O)OCC(=O)Nc3cccc(S(N)(=O)=O)c3)c3ccccc3n2)cc(OC)c1OC. The van der Waals surface area contributed by atoms with E-state index in [-0.39, 0.29) is 16.1 Å². The van der Waals surface area contributed by atoms with E-state index in [9.17, 15) is 18.0 Å². The van der Waals surface area contributed by atoms with Crippen molar-refractivity contribution >= 4 is 38.5 Å². The average molecular weight is 552 g/mol. The van der Waals surface area contributed by atoms with Gasteiger partial charge in [-0.15, -0.1) is 0 Å². The molecule has 1 aromatic heterocycles. The molecule has 0 bridgehead atoms. The highest BCUT2D eigenvalue weighted by atomic mass is 32.2. The monoisotopic (exact) mass is 551 g/mol. The van der Waals surface area contributed by atoms with Crippen molar-refractivity contribution < 1.29 is 37.0 Å². The molecule has 0 fully saturated rings. The van der Waals surface area contributed by atoms with Gasteiger partial charge >= 0.3 is 5.97 Å². The summed E-state index contributed by atoms with van der Waals surface area (Å²) < 4.78 is 44.7. The molecule has 0 unspecified atom stereocenters. The highest BCUT2D eigenvalue weighted by molar-refractivity contribution is 7.89. The van der Waals surface area contributed by atoms with Crippen LogP contribution in [0.4, 0.5) is 5.69 Å². The summed E-state index contributed by atoms with van der Waals surface area (Å²) in [6.07, 6.45) is 0. The number of anilines is 1. The number of para-hydroxylation sites is 1. The van der Waals surface area contributed by atoms with Gasteiger partial charge in [0.1, 0.15) is 0 Å². The third-order valence-electron chi connectivity index (χ3n) is 5.68. The van der Waals surface area contributed by atoms with Crippen LogP contribution in [0.2, 0.25) is 0 Å². The highest BCUT2D eigenvalue weighted by Gasteiger charge is 2.20. The van der Waals surface area contributed by atoms with Crippen molar-refractivity contribution in [2.24, 2.45) is 5.14 Å². The predicted molar refractivity (Wildman–Crippen MR) is 144 cm³/mol. The maximum absolute atomic E-state index is 13.1. The number of nitrogens with two attached hydrogens (primary N) is 1. The Hall–Kier alpha value is -4.68. The van der Waals surface area contributed by atoms with Gasteiger partial charge in [-0.05, 0) is 42.5 Å². The summed E-state index contributed by atoms with van der Waals surface area (Å²) in [5.41, 5.74) is 1.93. The Morgan fingerprint density at radius 1 is 0.897 bits per heavy atom. The second-order valence-corrected chi connectivity index (χ2v) is 9.74. The third kappa shape index (κ3) is 6.08.